The molecule has 1 aliphatic rings. The molecule has 0 spiro atoms. The van der Waals surface area contributed by atoms with Gasteiger partial charge in [-0.15, -0.1) is 0 Å². The van der Waals surface area contributed by atoms with Crippen LogP contribution in [0.25, 0.3) is 11.0 Å². The van der Waals surface area contributed by atoms with E-state index in [0.29, 0.717) is 29.8 Å². The zero-order valence-corrected chi connectivity index (χ0v) is 18.9. The number of nitrogens with zero attached hydrogens (tertiary/aromatic N) is 3. The lowest BCUT2D eigenvalue weighted by Gasteiger charge is -2.32. The minimum Gasteiger partial charge on any atom is -0.505 e. The maximum atomic E-state index is 13.4. The molecule has 0 aliphatic carbocycles. The van der Waals surface area contributed by atoms with Crippen molar-refractivity contribution in [1.29, 1.82) is 0 Å². The van der Waals surface area contributed by atoms with Crippen molar-refractivity contribution in [2.75, 3.05) is 26.7 Å². The first-order valence-corrected chi connectivity index (χ1v) is 11.0. The van der Waals surface area contributed by atoms with E-state index in [4.69, 9.17) is 4.74 Å². The van der Waals surface area contributed by atoms with E-state index in [1.54, 1.807) is 18.3 Å². The average Bonchev–Trinajstić information content (AvgIpc) is 2.82. The number of likely N-dealkylation sites (N-methyl/N-ethyl adjacent to an activating group) is 1. The first kappa shape index (κ1) is 22.7. The van der Waals surface area contributed by atoms with Crippen molar-refractivity contribution in [2.45, 2.75) is 32.9 Å². The molecule has 2 N–H and O–H groups in total. The number of halogens is 1. The number of nitrogens with one attached hydrogen (secondary N) is 1. The summed E-state index contributed by atoms with van der Waals surface area (Å²) in [5.41, 5.74) is 1.13. The van der Waals surface area contributed by atoms with Crippen LogP contribution in [0.1, 0.15) is 35.3 Å². The minimum atomic E-state index is -0.673. The molecule has 33 heavy (non-hydrogen) atoms. The van der Waals surface area contributed by atoms with Gasteiger partial charge in [-0.25, -0.2) is 4.39 Å². The molecule has 0 bridgehead atoms. The van der Waals surface area contributed by atoms with Gasteiger partial charge in [0.15, 0.2) is 11.5 Å². The predicted molar refractivity (Wildman–Crippen MR) is 122 cm³/mol. The molecule has 0 fully saturated rings. The number of amides is 1. The molecule has 2 aromatic heterocycles. The van der Waals surface area contributed by atoms with Gasteiger partial charge in [-0.2, -0.15) is 0 Å². The highest BCUT2D eigenvalue weighted by Gasteiger charge is 2.32. The molecule has 9 heteroatoms. The Kier molecular flexibility index (Phi) is 6.33. The maximum absolute atomic E-state index is 13.4. The van der Waals surface area contributed by atoms with Crippen molar-refractivity contribution in [3.05, 3.63) is 63.3 Å². The summed E-state index contributed by atoms with van der Waals surface area (Å²) >= 11 is 0. The normalized spacial score (nSPS) is 15.0. The molecular formula is C24H27FN4O4. The fourth-order valence-corrected chi connectivity index (χ4v) is 4.26. The Bertz CT molecular complexity index is 1250. The first-order chi connectivity index (χ1) is 15.9. The Morgan fingerprint density at radius 3 is 2.64 bits per heavy atom. The molecule has 174 valence electrons. The zero-order chi connectivity index (χ0) is 23.7. The Hall–Kier alpha value is -3.46. The quantitative estimate of drug-likeness (QED) is 0.569. The second-order valence-electron chi connectivity index (χ2n) is 8.06. The monoisotopic (exact) mass is 454 g/mol. The maximum Gasteiger partial charge on any atom is 0.268 e. The Balaban J connectivity index is 1.90. The van der Waals surface area contributed by atoms with Gasteiger partial charge in [-0.3, -0.25) is 19.1 Å². The van der Waals surface area contributed by atoms with Gasteiger partial charge in [-0.05, 0) is 30.8 Å². The highest BCUT2D eigenvalue weighted by atomic mass is 19.1. The molecule has 1 amide bonds. The second-order valence-corrected chi connectivity index (χ2v) is 8.06. The molecule has 4 rings (SSSR count). The van der Waals surface area contributed by atoms with Crippen LogP contribution in [0.5, 0.6) is 11.5 Å². The van der Waals surface area contributed by atoms with Crippen molar-refractivity contribution in [3.63, 3.8) is 0 Å². The highest BCUT2D eigenvalue weighted by molar-refractivity contribution is 6.02. The average molecular weight is 455 g/mol. The number of benzene rings is 1. The van der Waals surface area contributed by atoms with Gasteiger partial charge in [0.1, 0.15) is 28.5 Å². The number of hydrogen-bond acceptors (Lipinski definition) is 6. The van der Waals surface area contributed by atoms with E-state index in [-0.39, 0.29) is 29.5 Å². The van der Waals surface area contributed by atoms with Crippen LogP contribution in [-0.2, 0) is 13.0 Å². The highest BCUT2D eigenvalue weighted by Crippen LogP contribution is 2.37. The third-order valence-electron chi connectivity index (χ3n) is 6.06. The summed E-state index contributed by atoms with van der Waals surface area (Å²) in [5.74, 6) is -1.02. The lowest BCUT2D eigenvalue weighted by molar-refractivity contribution is 0.0954. The minimum absolute atomic E-state index is 0.132. The molecule has 0 saturated carbocycles. The SMILES string of the molecule is CCN(CC)C[C@H]1Cn2c(=O)c(C(=O)NC)c(O)c3ncc(Cc4ccc(F)cc4)c(c32)O1. The van der Waals surface area contributed by atoms with E-state index >= 15 is 0 Å². The predicted octanol–water partition coefficient (Wildman–Crippen LogP) is 2.29. The summed E-state index contributed by atoms with van der Waals surface area (Å²) < 4.78 is 21.2. The van der Waals surface area contributed by atoms with Crippen molar-refractivity contribution in [1.82, 2.24) is 19.8 Å². The van der Waals surface area contributed by atoms with Gasteiger partial charge < -0.3 is 20.1 Å². The van der Waals surface area contributed by atoms with Crippen LogP contribution in [0.3, 0.4) is 0 Å². The summed E-state index contributed by atoms with van der Waals surface area (Å²) in [4.78, 5) is 32.3. The fraction of sp³-hybridized carbons (Fsp3) is 0.375. The van der Waals surface area contributed by atoms with Gasteiger partial charge in [0.25, 0.3) is 11.5 Å². The summed E-state index contributed by atoms with van der Waals surface area (Å²) in [5, 5.41) is 13.2. The molecule has 1 aromatic carbocycles. The number of ether oxygens (including phenoxy) is 1. The molecule has 1 atom stereocenters. The number of pyridine rings is 2. The van der Waals surface area contributed by atoms with Gasteiger partial charge in [0.05, 0.1) is 6.54 Å². The molecule has 3 aromatic rings. The van der Waals surface area contributed by atoms with Crippen molar-refractivity contribution < 1.29 is 19.0 Å². The molecule has 3 heterocycles. The number of carbonyl (C=O) groups is 1. The van der Waals surface area contributed by atoms with Crippen LogP contribution in [0.15, 0.2) is 35.3 Å². The van der Waals surface area contributed by atoms with E-state index in [9.17, 15) is 19.1 Å². The molecular weight excluding hydrogens is 427 g/mol. The summed E-state index contributed by atoms with van der Waals surface area (Å²) in [7, 11) is 1.40. The molecule has 0 radical (unpaired) electrons. The van der Waals surface area contributed by atoms with Crippen LogP contribution < -0.4 is 15.6 Å². The fourth-order valence-electron chi connectivity index (χ4n) is 4.26. The third kappa shape index (κ3) is 4.16. The van der Waals surface area contributed by atoms with Crippen LogP contribution in [0.4, 0.5) is 4.39 Å². The first-order valence-electron chi connectivity index (χ1n) is 11.0. The number of hydrogen-bond donors (Lipinski definition) is 2. The van der Waals surface area contributed by atoms with Crippen molar-refractivity contribution >= 4 is 16.9 Å². The van der Waals surface area contributed by atoms with Gasteiger partial charge in [0, 0.05) is 31.8 Å². The lowest BCUT2D eigenvalue weighted by Crippen LogP contribution is -2.44. The number of aromatic nitrogens is 2. The molecule has 0 unspecified atom stereocenters. The van der Waals surface area contributed by atoms with Crippen molar-refractivity contribution in [3.8, 4) is 11.5 Å². The summed E-state index contributed by atoms with van der Waals surface area (Å²) in [6, 6.07) is 6.14. The van der Waals surface area contributed by atoms with Gasteiger partial charge in [-0.1, -0.05) is 26.0 Å². The number of rotatable bonds is 7. The summed E-state index contributed by atoms with van der Waals surface area (Å²) in [6.07, 6.45) is 1.64. The van der Waals surface area contributed by atoms with Gasteiger partial charge >= 0.3 is 0 Å². The largest absolute Gasteiger partial charge is 0.505 e. The third-order valence-corrected chi connectivity index (χ3v) is 6.06. The zero-order valence-electron chi connectivity index (χ0n) is 18.9. The number of carbonyl (C=O) groups excluding carboxylic acids is 1. The van der Waals surface area contributed by atoms with Crippen molar-refractivity contribution in [2.24, 2.45) is 0 Å². The molecule has 0 saturated heterocycles. The van der Waals surface area contributed by atoms with E-state index in [0.717, 1.165) is 18.7 Å². The summed E-state index contributed by atoms with van der Waals surface area (Å²) in [6.45, 7) is 6.58. The second kappa shape index (κ2) is 9.19. The Morgan fingerprint density at radius 2 is 2.00 bits per heavy atom. The lowest BCUT2D eigenvalue weighted by atomic mass is 10.0. The van der Waals surface area contributed by atoms with Crippen LogP contribution in [0.2, 0.25) is 0 Å². The Morgan fingerprint density at radius 1 is 1.30 bits per heavy atom. The van der Waals surface area contributed by atoms with E-state index < -0.39 is 17.2 Å². The van der Waals surface area contributed by atoms with E-state index in [2.05, 4.69) is 29.0 Å². The smallest absolute Gasteiger partial charge is 0.268 e. The van der Waals surface area contributed by atoms with Gasteiger partial charge in [0.2, 0.25) is 0 Å². The number of aromatic hydroxyl groups is 1. The van der Waals surface area contributed by atoms with Crippen LogP contribution >= 0.6 is 0 Å². The topological polar surface area (TPSA) is 96.7 Å². The Labute approximate surface area is 190 Å². The van der Waals surface area contributed by atoms with Crippen LogP contribution in [-0.4, -0.2) is 58.3 Å². The van der Waals surface area contributed by atoms with E-state index in [1.165, 1.54) is 23.7 Å². The molecule has 8 nitrogen and oxygen atoms in total. The van der Waals surface area contributed by atoms with E-state index in [1.807, 2.05) is 0 Å². The standard InChI is InChI=1S/C24H27FN4O4/c1-4-28(5-2)12-17-13-29-20-19(21(30)18(24(29)32)23(31)26-3)27-11-15(22(20)33-17)10-14-6-8-16(25)9-7-14/h6-9,11,17,30H,4-5,10,12-13H2,1-3H3,(H,26,31)/t17-/m0/s1. The van der Waals surface area contributed by atoms with Crippen LogP contribution in [0, 0.1) is 5.82 Å². The molecule has 1 aliphatic heterocycles.